The number of sulfone groups is 1. The first-order chi connectivity index (χ1) is 14.3. The van der Waals surface area contributed by atoms with E-state index in [9.17, 15) is 13.2 Å². The van der Waals surface area contributed by atoms with Crippen LogP contribution in [0.25, 0.3) is 16.9 Å². The second-order valence-electron chi connectivity index (χ2n) is 6.89. The molecule has 3 rings (SSSR count). The van der Waals surface area contributed by atoms with Crippen molar-refractivity contribution in [2.75, 3.05) is 19.5 Å². The maximum atomic E-state index is 11.8. The number of aromatic nitrogens is 1. The lowest BCUT2D eigenvalue weighted by molar-refractivity contribution is 0.0599. The molecule has 0 aliphatic heterocycles. The second-order valence-corrected chi connectivity index (χ2v) is 8.90. The van der Waals surface area contributed by atoms with Gasteiger partial charge in [-0.15, -0.1) is 0 Å². The molecule has 158 valence electrons. The van der Waals surface area contributed by atoms with Gasteiger partial charge in [0, 0.05) is 24.1 Å². The van der Waals surface area contributed by atoms with Gasteiger partial charge in [-0.05, 0) is 55.3 Å². The molecule has 0 N–H and O–H groups in total. The van der Waals surface area contributed by atoms with Crippen molar-refractivity contribution in [2.24, 2.45) is 0 Å². The molecular weight excluding hydrogens is 402 g/mol. The van der Waals surface area contributed by atoms with Crippen molar-refractivity contribution in [2.45, 2.75) is 25.2 Å². The lowest BCUT2D eigenvalue weighted by Gasteiger charge is -2.13. The van der Waals surface area contributed by atoms with E-state index in [0.29, 0.717) is 6.42 Å². The quantitative estimate of drug-likeness (QED) is 0.516. The Morgan fingerprint density at radius 1 is 1.00 bits per heavy atom. The maximum Gasteiger partial charge on any atom is 0.508 e. The molecule has 0 fully saturated rings. The summed E-state index contributed by atoms with van der Waals surface area (Å²) in [4.78, 5) is 11.7. The first-order valence-corrected chi connectivity index (χ1v) is 11.6. The van der Waals surface area contributed by atoms with E-state index in [4.69, 9.17) is 9.47 Å². The van der Waals surface area contributed by atoms with Gasteiger partial charge in [0.2, 0.25) is 0 Å². The first-order valence-electron chi connectivity index (χ1n) is 9.68. The predicted molar refractivity (Wildman–Crippen MR) is 116 cm³/mol. The molecule has 0 bridgehead atoms. The molecule has 7 heteroatoms. The monoisotopic (exact) mass is 427 g/mol. The third-order valence-electron chi connectivity index (χ3n) is 4.80. The van der Waals surface area contributed by atoms with Crippen LogP contribution in [0.4, 0.5) is 4.79 Å². The van der Waals surface area contributed by atoms with Crippen LogP contribution >= 0.6 is 0 Å². The van der Waals surface area contributed by atoms with Gasteiger partial charge in [-0.1, -0.05) is 30.3 Å². The van der Waals surface area contributed by atoms with Gasteiger partial charge in [0.1, 0.15) is 0 Å². The van der Waals surface area contributed by atoms with Crippen molar-refractivity contribution in [1.29, 1.82) is 0 Å². The van der Waals surface area contributed by atoms with Crippen LogP contribution in [0, 0.1) is 6.92 Å². The van der Waals surface area contributed by atoms with Crippen LogP contribution in [0.5, 0.6) is 0 Å². The maximum absolute atomic E-state index is 11.8. The van der Waals surface area contributed by atoms with Gasteiger partial charge in [0.25, 0.3) is 0 Å². The van der Waals surface area contributed by atoms with Gasteiger partial charge in [-0.3, -0.25) is 0 Å². The zero-order valence-electron chi connectivity index (χ0n) is 17.3. The number of ether oxygens (including phenoxy) is 2. The summed E-state index contributed by atoms with van der Waals surface area (Å²) >= 11 is 0. The number of rotatable bonds is 7. The summed E-state index contributed by atoms with van der Waals surface area (Å²) in [5.41, 5.74) is 4.88. The average molecular weight is 428 g/mol. The van der Waals surface area contributed by atoms with Crippen LogP contribution in [0.15, 0.2) is 65.6 Å². The molecular formula is C23H25NO5S. The van der Waals surface area contributed by atoms with E-state index in [1.807, 2.05) is 55.5 Å². The van der Waals surface area contributed by atoms with Gasteiger partial charge in [-0.25, -0.2) is 13.2 Å². The molecule has 1 heterocycles. The fourth-order valence-corrected chi connectivity index (χ4v) is 3.94. The Morgan fingerprint density at radius 3 is 2.27 bits per heavy atom. The molecule has 0 unspecified atom stereocenters. The molecule has 30 heavy (non-hydrogen) atoms. The van der Waals surface area contributed by atoms with Crippen molar-refractivity contribution in [3.63, 3.8) is 0 Å². The highest BCUT2D eigenvalue weighted by Crippen LogP contribution is 2.30. The number of carbonyl (C=O) groups excluding carboxylic acids is 1. The van der Waals surface area contributed by atoms with Gasteiger partial charge < -0.3 is 14.0 Å². The Kier molecular flexibility index (Phi) is 6.62. The summed E-state index contributed by atoms with van der Waals surface area (Å²) in [7, 11) is -3.26. The summed E-state index contributed by atoms with van der Waals surface area (Å²) in [6.45, 7) is 4.23. The smallest absolute Gasteiger partial charge is 0.435 e. The van der Waals surface area contributed by atoms with Gasteiger partial charge in [0.15, 0.2) is 9.84 Å². The van der Waals surface area contributed by atoms with Crippen LogP contribution in [-0.4, -0.2) is 38.6 Å². The highest BCUT2D eigenvalue weighted by Gasteiger charge is 2.16. The van der Waals surface area contributed by atoms with E-state index < -0.39 is 16.0 Å². The van der Waals surface area contributed by atoms with Gasteiger partial charge >= 0.3 is 6.16 Å². The number of carbonyl (C=O) groups is 1. The zero-order valence-corrected chi connectivity index (χ0v) is 18.1. The third-order valence-corrected chi connectivity index (χ3v) is 5.93. The standard InChI is InChI=1S/C23H25NO5S/c1-4-28-23(25)29-15-14-19-16-22(18-10-12-21(13-11-18)30(3,26)27)24(17(19)2)20-8-6-5-7-9-20/h5-13,16H,4,14-15H2,1-3H3. The molecule has 0 spiro atoms. The number of benzene rings is 2. The summed E-state index contributed by atoms with van der Waals surface area (Å²) in [6.07, 6.45) is 1.06. The van der Waals surface area contributed by atoms with Crippen LogP contribution in [-0.2, 0) is 25.7 Å². The molecule has 0 atom stereocenters. The highest BCUT2D eigenvalue weighted by molar-refractivity contribution is 7.90. The number of para-hydroxylation sites is 1. The summed E-state index contributed by atoms with van der Waals surface area (Å²) in [5.74, 6) is 0. The fourth-order valence-electron chi connectivity index (χ4n) is 3.31. The van der Waals surface area contributed by atoms with Crippen molar-refractivity contribution < 1.29 is 22.7 Å². The van der Waals surface area contributed by atoms with Crippen LogP contribution < -0.4 is 0 Å². The Hall–Kier alpha value is -3.06. The average Bonchev–Trinajstić information content (AvgIpc) is 3.05. The molecule has 0 radical (unpaired) electrons. The Balaban J connectivity index is 1.98. The van der Waals surface area contributed by atoms with E-state index in [1.165, 1.54) is 6.26 Å². The molecule has 1 aromatic heterocycles. The zero-order chi connectivity index (χ0) is 21.7. The number of nitrogens with zero attached hydrogens (tertiary/aromatic N) is 1. The third kappa shape index (κ3) is 4.91. The van der Waals surface area contributed by atoms with E-state index in [0.717, 1.165) is 28.2 Å². The Labute approximate surface area is 177 Å². The predicted octanol–water partition coefficient (Wildman–Crippen LogP) is 4.57. The molecule has 0 aliphatic carbocycles. The molecule has 6 nitrogen and oxygen atoms in total. The summed E-state index contributed by atoms with van der Waals surface area (Å²) in [6, 6.07) is 18.8. The summed E-state index contributed by atoms with van der Waals surface area (Å²) in [5, 5.41) is 0. The Bertz CT molecular complexity index is 1120. The molecule has 0 saturated heterocycles. The van der Waals surface area contributed by atoms with Gasteiger partial charge in [0.05, 0.1) is 23.8 Å². The molecule has 0 amide bonds. The fraction of sp³-hybridized carbons (Fsp3) is 0.261. The van der Waals surface area contributed by atoms with Crippen LogP contribution in [0.3, 0.4) is 0 Å². The topological polar surface area (TPSA) is 74.6 Å². The first kappa shape index (κ1) is 21.6. The molecule has 0 aliphatic rings. The van der Waals surface area contributed by atoms with E-state index in [-0.39, 0.29) is 18.1 Å². The number of hydrogen-bond donors (Lipinski definition) is 0. The molecule has 0 saturated carbocycles. The van der Waals surface area contributed by atoms with Gasteiger partial charge in [-0.2, -0.15) is 0 Å². The largest absolute Gasteiger partial charge is 0.508 e. The van der Waals surface area contributed by atoms with Crippen molar-refractivity contribution in [3.05, 3.63) is 71.9 Å². The van der Waals surface area contributed by atoms with E-state index >= 15 is 0 Å². The minimum absolute atomic E-state index is 0.213. The molecule has 2 aromatic carbocycles. The van der Waals surface area contributed by atoms with Crippen LogP contribution in [0.2, 0.25) is 0 Å². The SMILES string of the molecule is CCOC(=O)OCCc1cc(-c2ccc(S(C)(=O)=O)cc2)n(-c2ccccc2)c1C. The molecule has 3 aromatic rings. The normalized spacial score (nSPS) is 11.3. The second kappa shape index (κ2) is 9.17. The Morgan fingerprint density at radius 2 is 1.67 bits per heavy atom. The minimum atomic E-state index is -3.26. The van der Waals surface area contributed by atoms with Crippen molar-refractivity contribution >= 4 is 16.0 Å². The number of hydrogen-bond acceptors (Lipinski definition) is 5. The highest BCUT2D eigenvalue weighted by atomic mass is 32.2. The van der Waals surface area contributed by atoms with E-state index in [1.54, 1.807) is 19.1 Å². The van der Waals surface area contributed by atoms with Crippen molar-refractivity contribution in [3.8, 4) is 16.9 Å². The lowest BCUT2D eigenvalue weighted by Crippen LogP contribution is -2.09. The van der Waals surface area contributed by atoms with Crippen LogP contribution in [0.1, 0.15) is 18.2 Å². The lowest BCUT2D eigenvalue weighted by atomic mass is 10.1. The summed E-state index contributed by atoms with van der Waals surface area (Å²) < 4.78 is 35.6. The minimum Gasteiger partial charge on any atom is -0.435 e. The van der Waals surface area contributed by atoms with E-state index in [2.05, 4.69) is 4.57 Å². The van der Waals surface area contributed by atoms with Crippen molar-refractivity contribution in [1.82, 2.24) is 4.57 Å².